The zero-order valence-corrected chi connectivity index (χ0v) is 12.6. The third-order valence-electron chi connectivity index (χ3n) is 5.09. The topological polar surface area (TPSA) is 40.5 Å². The SMILES string of the molecule is C[C@](O)(C/C=C/C12C=CCC1CC(O)C2)c1ccccc1. The molecule has 2 aliphatic rings. The number of hydrogen-bond acceptors (Lipinski definition) is 2. The van der Waals surface area contributed by atoms with Gasteiger partial charge in [-0.2, -0.15) is 0 Å². The van der Waals surface area contributed by atoms with Crippen molar-refractivity contribution in [1.29, 1.82) is 0 Å². The highest BCUT2D eigenvalue weighted by molar-refractivity contribution is 5.26. The average Bonchev–Trinajstić information content (AvgIpc) is 2.95. The summed E-state index contributed by atoms with van der Waals surface area (Å²) in [5, 5.41) is 20.6. The second kappa shape index (κ2) is 5.43. The number of aliphatic hydroxyl groups is 2. The van der Waals surface area contributed by atoms with Crippen molar-refractivity contribution < 1.29 is 10.2 Å². The number of allylic oxidation sites excluding steroid dienone is 3. The van der Waals surface area contributed by atoms with Crippen LogP contribution in [0.4, 0.5) is 0 Å². The van der Waals surface area contributed by atoms with E-state index in [2.05, 4.69) is 24.3 Å². The molecule has 112 valence electrons. The molecule has 3 unspecified atom stereocenters. The van der Waals surface area contributed by atoms with Crippen molar-refractivity contribution in [2.75, 3.05) is 0 Å². The number of fused-ring (bicyclic) bond motifs is 1. The lowest BCUT2D eigenvalue weighted by Gasteiger charge is -2.26. The van der Waals surface area contributed by atoms with E-state index in [9.17, 15) is 10.2 Å². The fraction of sp³-hybridized carbons (Fsp3) is 0.474. The Morgan fingerprint density at radius 2 is 2.10 bits per heavy atom. The summed E-state index contributed by atoms with van der Waals surface area (Å²) in [7, 11) is 0. The molecule has 2 aliphatic carbocycles. The van der Waals surface area contributed by atoms with Crippen LogP contribution < -0.4 is 0 Å². The van der Waals surface area contributed by atoms with Crippen LogP contribution in [0.5, 0.6) is 0 Å². The highest BCUT2D eigenvalue weighted by Crippen LogP contribution is 2.51. The van der Waals surface area contributed by atoms with Gasteiger partial charge < -0.3 is 10.2 Å². The van der Waals surface area contributed by atoms with Crippen molar-refractivity contribution in [2.45, 2.75) is 44.3 Å². The van der Waals surface area contributed by atoms with E-state index in [1.54, 1.807) is 0 Å². The normalized spacial score (nSPS) is 34.2. The minimum atomic E-state index is -0.844. The van der Waals surface area contributed by atoms with Gasteiger partial charge in [0, 0.05) is 5.41 Å². The number of aliphatic hydroxyl groups excluding tert-OH is 1. The Morgan fingerprint density at radius 3 is 2.86 bits per heavy atom. The summed E-state index contributed by atoms with van der Waals surface area (Å²) in [4.78, 5) is 0. The van der Waals surface area contributed by atoms with Crippen LogP contribution in [0.3, 0.4) is 0 Å². The zero-order chi connectivity index (χ0) is 14.9. The van der Waals surface area contributed by atoms with Crippen molar-refractivity contribution in [3.05, 3.63) is 60.2 Å². The quantitative estimate of drug-likeness (QED) is 0.830. The van der Waals surface area contributed by atoms with Crippen LogP contribution in [0.2, 0.25) is 0 Å². The Bertz CT molecular complexity index is 544. The predicted octanol–water partition coefficient (Wildman–Crippen LogP) is 3.56. The molecule has 1 fully saturated rings. The third-order valence-corrected chi connectivity index (χ3v) is 5.09. The molecule has 0 heterocycles. The molecule has 1 aromatic carbocycles. The van der Waals surface area contributed by atoms with Gasteiger partial charge in [-0.3, -0.25) is 0 Å². The Labute approximate surface area is 126 Å². The van der Waals surface area contributed by atoms with Crippen molar-refractivity contribution in [1.82, 2.24) is 0 Å². The van der Waals surface area contributed by atoms with Gasteiger partial charge in [0.05, 0.1) is 11.7 Å². The first-order valence-corrected chi connectivity index (χ1v) is 7.83. The molecule has 0 amide bonds. The Kier molecular flexibility index (Phi) is 3.76. The van der Waals surface area contributed by atoms with Gasteiger partial charge in [-0.15, -0.1) is 0 Å². The van der Waals surface area contributed by atoms with E-state index in [0.29, 0.717) is 12.3 Å². The predicted molar refractivity (Wildman–Crippen MR) is 84.7 cm³/mol. The van der Waals surface area contributed by atoms with Gasteiger partial charge in [0.2, 0.25) is 0 Å². The standard InChI is InChI=1S/C19H24O2/c1-18(21,15-7-3-2-4-8-15)10-6-12-19-11-5-9-16(19)13-17(20)14-19/h2-8,11-12,16-17,20-21H,9-10,13-14H2,1H3/b12-6+/t16?,17?,18-,19?/m0/s1. The van der Waals surface area contributed by atoms with E-state index in [4.69, 9.17) is 0 Å². The maximum atomic E-state index is 10.6. The fourth-order valence-corrected chi connectivity index (χ4v) is 3.86. The molecular weight excluding hydrogens is 260 g/mol. The second-order valence-electron chi connectivity index (χ2n) is 6.79. The molecule has 0 aliphatic heterocycles. The summed E-state index contributed by atoms with van der Waals surface area (Å²) in [6.45, 7) is 1.86. The molecule has 1 saturated carbocycles. The Balaban J connectivity index is 1.71. The van der Waals surface area contributed by atoms with Crippen LogP contribution in [0, 0.1) is 11.3 Å². The summed E-state index contributed by atoms with van der Waals surface area (Å²) < 4.78 is 0. The van der Waals surface area contributed by atoms with Crippen LogP contribution in [0.25, 0.3) is 0 Å². The fourth-order valence-electron chi connectivity index (χ4n) is 3.86. The van der Waals surface area contributed by atoms with Crippen LogP contribution in [-0.2, 0) is 5.60 Å². The molecule has 0 spiro atoms. The average molecular weight is 284 g/mol. The lowest BCUT2D eigenvalue weighted by molar-refractivity contribution is 0.0603. The molecule has 0 bridgehead atoms. The molecule has 3 rings (SSSR count). The molecular formula is C19H24O2. The maximum Gasteiger partial charge on any atom is 0.0902 e. The second-order valence-corrected chi connectivity index (χ2v) is 6.79. The highest BCUT2D eigenvalue weighted by atomic mass is 16.3. The monoisotopic (exact) mass is 284 g/mol. The summed E-state index contributed by atoms with van der Waals surface area (Å²) in [6, 6.07) is 9.79. The summed E-state index contributed by atoms with van der Waals surface area (Å²) in [5.74, 6) is 0.533. The van der Waals surface area contributed by atoms with Crippen LogP contribution >= 0.6 is 0 Å². The van der Waals surface area contributed by atoms with Gasteiger partial charge >= 0.3 is 0 Å². The molecule has 4 atom stereocenters. The van der Waals surface area contributed by atoms with Crippen LogP contribution in [0.15, 0.2) is 54.6 Å². The van der Waals surface area contributed by atoms with E-state index in [-0.39, 0.29) is 11.5 Å². The third kappa shape index (κ3) is 2.83. The summed E-state index contributed by atoms with van der Waals surface area (Å²) >= 11 is 0. The molecule has 2 heteroatoms. The molecule has 0 radical (unpaired) electrons. The van der Waals surface area contributed by atoms with Crippen LogP contribution in [-0.4, -0.2) is 16.3 Å². The first-order chi connectivity index (χ1) is 10.0. The number of rotatable bonds is 4. The first kappa shape index (κ1) is 14.6. The van der Waals surface area contributed by atoms with Crippen molar-refractivity contribution in [3.63, 3.8) is 0 Å². The number of hydrogen-bond donors (Lipinski definition) is 2. The van der Waals surface area contributed by atoms with Gasteiger partial charge in [-0.05, 0) is 44.1 Å². The lowest BCUT2D eigenvalue weighted by Crippen LogP contribution is -2.21. The molecule has 2 nitrogen and oxygen atoms in total. The minimum Gasteiger partial charge on any atom is -0.393 e. The molecule has 0 saturated heterocycles. The zero-order valence-electron chi connectivity index (χ0n) is 12.6. The van der Waals surface area contributed by atoms with Crippen LogP contribution in [0.1, 0.15) is 38.2 Å². The van der Waals surface area contributed by atoms with Gasteiger partial charge in [0.25, 0.3) is 0 Å². The van der Waals surface area contributed by atoms with E-state index in [1.807, 2.05) is 37.3 Å². The molecule has 2 N–H and O–H groups in total. The van der Waals surface area contributed by atoms with Gasteiger partial charge in [0.15, 0.2) is 0 Å². The maximum absolute atomic E-state index is 10.6. The highest BCUT2D eigenvalue weighted by Gasteiger charge is 2.45. The molecule has 21 heavy (non-hydrogen) atoms. The smallest absolute Gasteiger partial charge is 0.0902 e. The van der Waals surface area contributed by atoms with Crippen molar-refractivity contribution >= 4 is 0 Å². The first-order valence-electron chi connectivity index (χ1n) is 7.83. The van der Waals surface area contributed by atoms with Gasteiger partial charge in [-0.25, -0.2) is 0 Å². The molecule has 0 aromatic heterocycles. The lowest BCUT2D eigenvalue weighted by atomic mass is 9.80. The van der Waals surface area contributed by atoms with Crippen molar-refractivity contribution in [2.24, 2.45) is 11.3 Å². The van der Waals surface area contributed by atoms with Gasteiger partial charge in [0.1, 0.15) is 0 Å². The molecule has 1 aromatic rings. The van der Waals surface area contributed by atoms with E-state index in [0.717, 1.165) is 24.8 Å². The van der Waals surface area contributed by atoms with Gasteiger partial charge in [-0.1, -0.05) is 54.6 Å². The Hall–Kier alpha value is -1.38. The number of benzene rings is 1. The van der Waals surface area contributed by atoms with E-state index >= 15 is 0 Å². The van der Waals surface area contributed by atoms with Crippen molar-refractivity contribution in [3.8, 4) is 0 Å². The summed E-state index contributed by atoms with van der Waals surface area (Å²) in [5.41, 5.74) is 0.118. The Morgan fingerprint density at radius 1 is 1.33 bits per heavy atom. The largest absolute Gasteiger partial charge is 0.393 e. The van der Waals surface area contributed by atoms with E-state index in [1.165, 1.54) is 0 Å². The summed E-state index contributed by atoms with van der Waals surface area (Å²) in [6.07, 6.45) is 12.0. The minimum absolute atomic E-state index is 0.0200. The van der Waals surface area contributed by atoms with E-state index < -0.39 is 5.60 Å².